The SMILES string of the molecule is CCCCC(NC(=O)C1CCN(c2ccccc2Br)C1=O)C(=O)O. The molecule has 1 fully saturated rings. The first-order valence-corrected chi connectivity index (χ1v) is 8.84. The monoisotopic (exact) mass is 396 g/mol. The smallest absolute Gasteiger partial charge is 0.326 e. The lowest BCUT2D eigenvalue weighted by atomic mass is 10.1. The van der Waals surface area contributed by atoms with Crippen molar-refractivity contribution in [2.45, 2.75) is 38.6 Å². The van der Waals surface area contributed by atoms with E-state index in [0.29, 0.717) is 25.8 Å². The number of rotatable bonds is 7. The zero-order valence-electron chi connectivity index (χ0n) is 13.5. The first-order chi connectivity index (χ1) is 11.5. The average molecular weight is 397 g/mol. The number of carbonyl (C=O) groups is 3. The first kappa shape index (κ1) is 18.4. The van der Waals surface area contributed by atoms with Crippen LogP contribution >= 0.6 is 15.9 Å². The van der Waals surface area contributed by atoms with Crippen molar-refractivity contribution in [3.63, 3.8) is 0 Å². The van der Waals surface area contributed by atoms with Gasteiger partial charge in [-0.05, 0) is 40.9 Å². The maximum atomic E-state index is 12.6. The van der Waals surface area contributed by atoms with Crippen molar-refractivity contribution in [3.05, 3.63) is 28.7 Å². The Morgan fingerprint density at radius 1 is 1.42 bits per heavy atom. The molecule has 1 aromatic carbocycles. The van der Waals surface area contributed by atoms with Crippen LogP contribution in [-0.4, -0.2) is 35.5 Å². The summed E-state index contributed by atoms with van der Waals surface area (Å²) < 4.78 is 0.783. The van der Waals surface area contributed by atoms with Crippen LogP contribution in [0.2, 0.25) is 0 Å². The molecule has 1 aliphatic rings. The van der Waals surface area contributed by atoms with Crippen LogP contribution < -0.4 is 10.2 Å². The van der Waals surface area contributed by atoms with E-state index in [9.17, 15) is 19.5 Å². The molecule has 1 aliphatic heterocycles. The highest BCUT2D eigenvalue weighted by molar-refractivity contribution is 9.10. The molecule has 0 aromatic heterocycles. The fourth-order valence-corrected chi connectivity index (χ4v) is 3.27. The molecule has 0 spiro atoms. The number of hydrogen-bond donors (Lipinski definition) is 2. The third-order valence-corrected chi connectivity index (χ3v) is 4.80. The van der Waals surface area contributed by atoms with Crippen molar-refractivity contribution in [1.82, 2.24) is 5.32 Å². The van der Waals surface area contributed by atoms with Gasteiger partial charge in [0.1, 0.15) is 12.0 Å². The minimum atomic E-state index is -1.06. The number of carboxylic acid groups (broad SMARTS) is 1. The van der Waals surface area contributed by atoms with Crippen LogP contribution in [0.1, 0.15) is 32.6 Å². The number of hydrogen-bond acceptors (Lipinski definition) is 3. The van der Waals surface area contributed by atoms with Gasteiger partial charge in [-0.3, -0.25) is 9.59 Å². The highest BCUT2D eigenvalue weighted by atomic mass is 79.9. The summed E-state index contributed by atoms with van der Waals surface area (Å²) in [6.45, 7) is 2.39. The van der Waals surface area contributed by atoms with E-state index in [1.54, 1.807) is 4.90 Å². The van der Waals surface area contributed by atoms with Crippen LogP contribution in [0.25, 0.3) is 0 Å². The van der Waals surface area contributed by atoms with E-state index >= 15 is 0 Å². The summed E-state index contributed by atoms with van der Waals surface area (Å²) in [5, 5.41) is 11.7. The Labute approximate surface area is 149 Å². The van der Waals surface area contributed by atoms with Gasteiger partial charge in [-0.15, -0.1) is 0 Å². The summed E-state index contributed by atoms with van der Waals surface area (Å²) in [7, 11) is 0. The second kappa shape index (κ2) is 8.28. The van der Waals surface area contributed by atoms with Crippen molar-refractivity contribution in [2.24, 2.45) is 5.92 Å². The van der Waals surface area contributed by atoms with E-state index in [0.717, 1.165) is 16.6 Å². The van der Waals surface area contributed by atoms with Crippen LogP contribution in [0.15, 0.2) is 28.7 Å². The highest BCUT2D eigenvalue weighted by Crippen LogP contribution is 2.31. The second-order valence-electron chi connectivity index (χ2n) is 5.82. The molecule has 2 N–H and O–H groups in total. The first-order valence-electron chi connectivity index (χ1n) is 8.04. The number of carbonyl (C=O) groups excluding carboxylic acids is 2. The Morgan fingerprint density at radius 2 is 2.12 bits per heavy atom. The molecule has 2 unspecified atom stereocenters. The number of para-hydroxylation sites is 1. The fraction of sp³-hybridized carbons (Fsp3) is 0.471. The average Bonchev–Trinajstić information content (AvgIpc) is 2.93. The number of halogens is 1. The van der Waals surface area contributed by atoms with Crippen molar-refractivity contribution in [1.29, 1.82) is 0 Å². The van der Waals surface area contributed by atoms with Crippen LogP contribution in [0.3, 0.4) is 0 Å². The van der Waals surface area contributed by atoms with Gasteiger partial charge >= 0.3 is 5.97 Å². The van der Waals surface area contributed by atoms with Gasteiger partial charge in [0, 0.05) is 11.0 Å². The van der Waals surface area contributed by atoms with E-state index in [1.807, 2.05) is 31.2 Å². The topological polar surface area (TPSA) is 86.7 Å². The van der Waals surface area contributed by atoms with Gasteiger partial charge in [0.15, 0.2) is 0 Å². The van der Waals surface area contributed by atoms with Gasteiger partial charge in [-0.2, -0.15) is 0 Å². The van der Waals surface area contributed by atoms with Crippen molar-refractivity contribution < 1.29 is 19.5 Å². The molecule has 1 heterocycles. The summed E-state index contributed by atoms with van der Waals surface area (Å²) in [5.74, 6) is -2.69. The number of nitrogens with zero attached hydrogens (tertiary/aromatic N) is 1. The molecule has 0 bridgehead atoms. The lowest BCUT2D eigenvalue weighted by Crippen LogP contribution is -2.45. The van der Waals surface area contributed by atoms with Gasteiger partial charge in [0.2, 0.25) is 11.8 Å². The van der Waals surface area contributed by atoms with Crippen LogP contribution in [-0.2, 0) is 14.4 Å². The number of nitrogens with one attached hydrogen (secondary N) is 1. The molecule has 0 saturated carbocycles. The van der Waals surface area contributed by atoms with Gasteiger partial charge in [-0.25, -0.2) is 4.79 Å². The largest absolute Gasteiger partial charge is 0.480 e. The Morgan fingerprint density at radius 3 is 2.75 bits per heavy atom. The van der Waals surface area contributed by atoms with Crippen molar-refractivity contribution >= 4 is 39.4 Å². The summed E-state index contributed by atoms with van der Waals surface area (Å²) in [5.41, 5.74) is 0.721. The Kier molecular flexibility index (Phi) is 6.36. The third kappa shape index (κ3) is 4.14. The maximum absolute atomic E-state index is 12.6. The fourth-order valence-electron chi connectivity index (χ4n) is 2.77. The molecule has 0 aliphatic carbocycles. The van der Waals surface area contributed by atoms with Gasteiger partial charge < -0.3 is 15.3 Å². The minimum absolute atomic E-state index is 0.293. The van der Waals surface area contributed by atoms with Crippen LogP contribution in [0, 0.1) is 5.92 Å². The molecule has 2 atom stereocenters. The predicted molar refractivity (Wildman–Crippen MR) is 93.7 cm³/mol. The van der Waals surface area contributed by atoms with Crippen LogP contribution in [0.5, 0.6) is 0 Å². The van der Waals surface area contributed by atoms with E-state index < -0.39 is 23.8 Å². The van der Waals surface area contributed by atoms with E-state index in [1.165, 1.54) is 0 Å². The molecule has 1 aromatic rings. The Bertz CT molecular complexity index is 635. The van der Waals surface area contributed by atoms with Crippen LogP contribution in [0.4, 0.5) is 5.69 Å². The zero-order valence-corrected chi connectivity index (χ0v) is 15.1. The second-order valence-corrected chi connectivity index (χ2v) is 6.68. The Balaban J connectivity index is 2.05. The molecule has 0 radical (unpaired) electrons. The van der Waals surface area contributed by atoms with Gasteiger partial charge in [-0.1, -0.05) is 31.9 Å². The Hall–Kier alpha value is -1.89. The summed E-state index contributed by atoms with van der Waals surface area (Å²) in [4.78, 5) is 37.7. The standard InChI is InChI=1S/C17H21BrN2O4/c1-2-3-7-13(17(23)24)19-15(21)11-9-10-20(16(11)22)14-8-5-4-6-12(14)18/h4-6,8,11,13H,2-3,7,9-10H2,1H3,(H,19,21)(H,23,24). The molecule has 6 nitrogen and oxygen atoms in total. The quantitative estimate of drug-likeness (QED) is 0.693. The van der Waals surface area contributed by atoms with Gasteiger partial charge in [0.05, 0.1) is 5.69 Å². The van der Waals surface area contributed by atoms with E-state index in [-0.39, 0.29) is 5.91 Å². The molecular weight excluding hydrogens is 376 g/mol. The highest BCUT2D eigenvalue weighted by Gasteiger charge is 2.39. The number of amides is 2. The predicted octanol–water partition coefficient (Wildman–Crippen LogP) is 2.56. The summed E-state index contributed by atoms with van der Waals surface area (Å²) >= 11 is 3.41. The van der Waals surface area contributed by atoms with E-state index in [4.69, 9.17) is 0 Å². The normalized spacial score (nSPS) is 18.5. The third-order valence-electron chi connectivity index (χ3n) is 4.13. The lowest BCUT2D eigenvalue weighted by molar-refractivity contribution is -0.143. The van der Waals surface area contributed by atoms with E-state index in [2.05, 4.69) is 21.2 Å². The zero-order chi connectivity index (χ0) is 17.7. The molecule has 7 heteroatoms. The maximum Gasteiger partial charge on any atom is 0.326 e. The minimum Gasteiger partial charge on any atom is -0.480 e. The number of aliphatic carboxylic acids is 1. The number of unbranched alkanes of at least 4 members (excludes halogenated alkanes) is 1. The molecule has 1 saturated heterocycles. The number of anilines is 1. The lowest BCUT2D eigenvalue weighted by Gasteiger charge is -2.19. The van der Waals surface area contributed by atoms with Crippen molar-refractivity contribution in [3.8, 4) is 0 Å². The molecular formula is C17H21BrN2O4. The molecule has 2 rings (SSSR count). The summed E-state index contributed by atoms with van der Waals surface area (Å²) in [6.07, 6.45) is 2.30. The molecule has 2 amide bonds. The van der Waals surface area contributed by atoms with Gasteiger partial charge in [0.25, 0.3) is 0 Å². The number of benzene rings is 1. The van der Waals surface area contributed by atoms with Crippen molar-refractivity contribution in [2.75, 3.05) is 11.4 Å². The summed E-state index contributed by atoms with van der Waals surface area (Å²) in [6, 6.07) is 6.38. The molecule has 24 heavy (non-hydrogen) atoms. The molecule has 130 valence electrons. The number of carboxylic acids is 1.